The molecule has 1 saturated carbocycles. The van der Waals surface area contributed by atoms with E-state index in [0.717, 1.165) is 11.1 Å². The van der Waals surface area contributed by atoms with Crippen LogP contribution in [-0.4, -0.2) is 33.4 Å². The first-order valence-electron chi connectivity index (χ1n) is 17.3. The van der Waals surface area contributed by atoms with Gasteiger partial charge in [-0.25, -0.2) is 0 Å². The van der Waals surface area contributed by atoms with Crippen molar-refractivity contribution in [3.63, 3.8) is 0 Å². The number of hydrogen-bond acceptors (Lipinski definition) is 5. The molecule has 0 bridgehead atoms. The Kier molecular flexibility index (Phi) is 7.82. The number of nitrogens with zero attached hydrogens (tertiary/aromatic N) is 1. The average Bonchev–Trinajstić information content (AvgIpc) is 3.39. The average molecular weight is 660 g/mol. The highest BCUT2D eigenvalue weighted by Crippen LogP contribution is 2.64. The molecule has 248 valence electrons. The lowest BCUT2D eigenvalue weighted by molar-refractivity contribution is -0.141. The van der Waals surface area contributed by atoms with Gasteiger partial charge in [-0.15, -0.1) is 6.58 Å². The third kappa shape index (κ3) is 4.69. The molecule has 50 heavy (non-hydrogen) atoms. The third-order valence-electron chi connectivity index (χ3n) is 11.5. The Morgan fingerprint density at radius 3 is 2.18 bits per heavy atom. The SMILES string of the molecule is C=CCc1cccc([C@H]2C3=CC[C@@H]4C(=O)N(Cc5ccccc5)C(=O)[C@@H]4[C@@H]3C[C@H]3C(=O)C(c4ccccc4)=CC(=O)[C@@]23c2ccccc2)c1O. The van der Waals surface area contributed by atoms with Crippen molar-refractivity contribution in [3.8, 4) is 5.75 Å². The van der Waals surface area contributed by atoms with Crippen molar-refractivity contribution in [2.45, 2.75) is 37.1 Å². The van der Waals surface area contributed by atoms with Crippen molar-refractivity contribution in [2.75, 3.05) is 0 Å². The summed E-state index contributed by atoms with van der Waals surface area (Å²) in [6.45, 7) is 4.05. The minimum atomic E-state index is -1.40. The van der Waals surface area contributed by atoms with Gasteiger partial charge in [0, 0.05) is 23.0 Å². The largest absolute Gasteiger partial charge is 0.507 e. The minimum Gasteiger partial charge on any atom is -0.507 e. The van der Waals surface area contributed by atoms with Crippen molar-refractivity contribution in [1.29, 1.82) is 0 Å². The van der Waals surface area contributed by atoms with Gasteiger partial charge >= 0.3 is 0 Å². The Labute approximate surface area is 291 Å². The van der Waals surface area contributed by atoms with E-state index in [1.54, 1.807) is 6.08 Å². The van der Waals surface area contributed by atoms with E-state index in [9.17, 15) is 14.7 Å². The zero-order valence-corrected chi connectivity index (χ0v) is 27.6. The molecule has 0 spiro atoms. The summed E-state index contributed by atoms with van der Waals surface area (Å²) >= 11 is 0. The molecule has 2 fully saturated rings. The molecule has 6 heteroatoms. The van der Waals surface area contributed by atoms with Gasteiger partial charge in [0.15, 0.2) is 11.6 Å². The lowest BCUT2D eigenvalue weighted by atomic mass is 9.44. The minimum absolute atomic E-state index is 0.0488. The predicted octanol–water partition coefficient (Wildman–Crippen LogP) is 7.15. The Bertz CT molecular complexity index is 2100. The summed E-state index contributed by atoms with van der Waals surface area (Å²) in [5.41, 5.74) is 3.17. The molecule has 0 radical (unpaired) electrons. The fourth-order valence-electron chi connectivity index (χ4n) is 9.37. The number of para-hydroxylation sites is 1. The quantitative estimate of drug-likeness (QED) is 0.168. The molecule has 4 aromatic carbocycles. The third-order valence-corrected chi connectivity index (χ3v) is 11.5. The topological polar surface area (TPSA) is 91.8 Å². The number of carbonyl (C=O) groups is 4. The highest BCUT2D eigenvalue weighted by molar-refractivity contribution is 6.31. The second-order valence-electron chi connectivity index (χ2n) is 13.9. The van der Waals surface area contributed by atoms with Crippen molar-refractivity contribution >= 4 is 29.0 Å². The molecule has 8 rings (SSSR count). The first kappa shape index (κ1) is 31.6. The number of allylic oxidation sites excluding steroid dienone is 5. The molecular formula is C44H37NO5. The molecule has 0 aromatic heterocycles. The van der Waals surface area contributed by atoms with Gasteiger partial charge in [-0.2, -0.15) is 0 Å². The zero-order valence-electron chi connectivity index (χ0n) is 27.6. The molecule has 1 N–H and O–H groups in total. The number of aromatic hydroxyl groups is 1. The number of phenolic OH excluding ortho intramolecular Hbond substituents is 1. The van der Waals surface area contributed by atoms with Crippen molar-refractivity contribution in [1.82, 2.24) is 4.90 Å². The number of hydrogen-bond donors (Lipinski definition) is 1. The van der Waals surface area contributed by atoms with Crippen LogP contribution in [0, 0.1) is 23.7 Å². The number of likely N-dealkylation sites (tertiary alicyclic amines) is 1. The lowest BCUT2D eigenvalue weighted by Crippen LogP contribution is -2.58. The van der Waals surface area contributed by atoms with Gasteiger partial charge in [0.1, 0.15) is 5.75 Å². The number of benzene rings is 4. The molecule has 3 aliphatic carbocycles. The molecule has 4 aromatic rings. The van der Waals surface area contributed by atoms with Crippen LogP contribution < -0.4 is 0 Å². The van der Waals surface area contributed by atoms with E-state index >= 15 is 9.59 Å². The lowest BCUT2D eigenvalue weighted by Gasteiger charge is -2.55. The Morgan fingerprint density at radius 2 is 1.48 bits per heavy atom. The number of phenols is 1. The number of Topliss-reactive ketones (excluding diaryl/α,β-unsaturated/α-hetero) is 1. The summed E-state index contributed by atoms with van der Waals surface area (Å²) in [6, 6.07) is 33.7. The van der Waals surface area contributed by atoms with Gasteiger partial charge in [-0.1, -0.05) is 127 Å². The molecule has 4 aliphatic rings. The summed E-state index contributed by atoms with van der Waals surface area (Å²) in [5.74, 6) is -4.17. The van der Waals surface area contributed by atoms with Crippen LogP contribution in [0.2, 0.25) is 0 Å². The van der Waals surface area contributed by atoms with Gasteiger partial charge in [-0.3, -0.25) is 24.1 Å². The summed E-state index contributed by atoms with van der Waals surface area (Å²) < 4.78 is 0. The highest BCUT2D eigenvalue weighted by Gasteiger charge is 2.66. The number of rotatable bonds is 7. The molecule has 1 saturated heterocycles. The fourth-order valence-corrected chi connectivity index (χ4v) is 9.37. The van der Waals surface area contributed by atoms with E-state index in [4.69, 9.17) is 0 Å². The molecule has 6 atom stereocenters. The van der Waals surface area contributed by atoms with E-state index < -0.39 is 35.0 Å². The number of ketones is 2. The van der Waals surface area contributed by atoms with Gasteiger partial charge in [-0.05, 0) is 53.5 Å². The Morgan fingerprint density at radius 1 is 0.800 bits per heavy atom. The monoisotopic (exact) mass is 659 g/mol. The van der Waals surface area contributed by atoms with Gasteiger partial charge in [0.05, 0.1) is 23.8 Å². The molecular weight excluding hydrogens is 622 g/mol. The maximum Gasteiger partial charge on any atom is 0.234 e. The van der Waals surface area contributed by atoms with Crippen LogP contribution in [-0.2, 0) is 37.6 Å². The number of fused-ring (bicyclic) bond motifs is 4. The van der Waals surface area contributed by atoms with E-state index in [-0.39, 0.29) is 42.1 Å². The van der Waals surface area contributed by atoms with Gasteiger partial charge < -0.3 is 5.11 Å². The summed E-state index contributed by atoms with van der Waals surface area (Å²) in [5, 5.41) is 12.0. The summed E-state index contributed by atoms with van der Waals surface area (Å²) in [4.78, 5) is 60.0. The number of amides is 2. The maximum atomic E-state index is 15.2. The Hall–Kier alpha value is -5.62. The van der Waals surface area contributed by atoms with E-state index in [2.05, 4.69) is 6.58 Å². The van der Waals surface area contributed by atoms with Crippen LogP contribution in [0.25, 0.3) is 5.57 Å². The van der Waals surface area contributed by atoms with Crippen LogP contribution >= 0.6 is 0 Å². The van der Waals surface area contributed by atoms with Crippen molar-refractivity contribution in [3.05, 3.63) is 167 Å². The van der Waals surface area contributed by atoms with Gasteiger partial charge in [0.2, 0.25) is 11.8 Å². The summed E-state index contributed by atoms with van der Waals surface area (Å²) in [6.07, 6.45) is 6.21. The molecule has 1 heterocycles. The molecule has 0 unspecified atom stereocenters. The maximum absolute atomic E-state index is 15.2. The van der Waals surface area contributed by atoms with Crippen LogP contribution in [0.15, 0.2) is 140 Å². The fraction of sp³-hybridized carbons (Fsp3) is 0.227. The van der Waals surface area contributed by atoms with E-state index in [1.807, 2.05) is 115 Å². The van der Waals surface area contributed by atoms with Crippen molar-refractivity contribution in [2.24, 2.45) is 23.7 Å². The van der Waals surface area contributed by atoms with Crippen molar-refractivity contribution < 1.29 is 24.3 Å². The molecule has 1 aliphatic heterocycles. The normalized spacial score (nSPS) is 27.2. The van der Waals surface area contributed by atoms with Crippen LogP contribution in [0.4, 0.5) is 0 Å². The van der Waals surface area contributed by atoms with E-state index in [0.29, 0.717) is 40.7 Å². The predicted molar refractivity (Wildman–Crippen MR) is 191 cm³/mol. The standard InChI is InChI=1S/C44H37NO5/c1-2-13-29-18-12-21-33(40(29)47)39-31-22-23-32-38(43(50)45(42(32)49)26-27-14-6-3-7-15-27)35(31)24-36-41(48)34(28-16-8-4-9-17-28)25-37(46)44(36,39)30-19-10-5-11-20-30/h2-12,14-22,25,32,35-36,38-39,47H,1,13,23-24,26H2/t32-,35+,36-,38-,39+,44-/m0/s1. The smallest absolute Gasteiger partial charge is 0.234 e. The zero-order chi connectivity index (χ0) is 34.6. The first-order chi connectivity index (χ1) is 24.4. The summed E-state index contributed by atoms with van der Waals surface area (Å²) in [7, 11) is 0. The van der Waals surface area contributed by atoms with E-state index in [1.165, 1.54) is 11.0 Å². The van der Waals surface area contributed by atoms with Crippen LogP contribution in [0.1, 0.15) is 46.6 Å². The van der Waals surface area contributed by atoms with Gasteiger partial charge in [0.25, 0.3) is 0 Å². The number of imide groups is 1. The highest BCUT2D eigenvalue weighted by atomic mass is 16.3. The second kappa shape index (κ2) is 12.4. The number of carbonyl (C=O) groups excluding carboxylic acids is 4. The molecule has 2 amide bonds. The first-order valence-corrected chi connectivity index (χ1v) is 17.3. The second-order valence-corrected chi connectivity index (χ2v) is 13.9. The molecule has 6 nitrogen and oxygen atoms in total. The Balaban J connectivity index is 1.35. The van der Waals surface area contributed by atoms with Crippen LogP contribution in [0.5, 0.6) is 5.75 Å². The van der Waals surface area contributed by atoms with Crippen LogP contribution in [0.3, 0.4) is 0 Å².